The third kappa shape index (κ3) is 11.1. The van der Waals surface area contributed by atoms with Gasteiger partial charge in [0.15, 0.2) is 0 Å². The number of anilines is 1. The number of carbonyl (C=O) groups is 3. The number of carbonyl (C=O) groups excluding carboxylic acids is 2. The topological polar surface area (TPSA) is 92.7 Å². The van der Waals surface area contributed by atoms with E-state index in [1.165, 1.54) is 38.5 Å². The number of aliphatic carboxylic acids is 1. The molecular formula is C21H31NO5. The summed E-state index contributed by atoms with van der Waals surface area (Å²) in [5.74, 6) is -1.76. The summed E-state index contributed by atoms with van der Waals surface area (Å²) in [6.07, 6.45) is 9.22. The molecule has 0 aromatic heterocycles. The van der Waals surface area contributed by atoms with Crippen molar-refractivity contribution in [2.75, 3.05) is 11.9 Å². The molecular weight excluding hydrogens is 346 g/mol. The number of nitrogens with one attached hydrogen (secondary N) is 1. The highest BCUT2D eigenvalue weighted by molar-refractivity contribution is 5.94. The molecule has 1 rings (SSSR count). The van der Waals surface area contributed by atoms with Gasteiger partial charge in [0, 0.05) is 12.1 Å². The summed E-state index contributed by atoms with van der Waals surface area (Å²) in [7, 11) is 0. The van der Waals surface area contributed by atoms with Gasteiger partial charge in [-0.2, -0.15) is 0 Å². The third-order valence-electron chi connectivity index (χ3n) is 4.20. The van der Waals surface area contributed by atoms with Crippen LogP contribution < -0.4 is 5.32 Å². The maximum atomic E-state index is 12.0. The minimum absolute atomic E-state index is 0.0856. The number of hydrogen-bond acceptors (Lipinski definition) is 4. The van der Waals surface area contributed by atoms with Gasteiger partial charge in [-0.05, 0) is 30.7 Å². The number of carboxylic acids is 1. The number of carboxylic acid groups (broad SMARTS) is 1. The SMILES string of the molecule is CCCCCCCCCCOC(=O)c1ccc(NC(=O)CCC(=O)O)cc1. The third-order valence-corrected chi connectivity index (χ3v) is 4.20. The molecule has 0 unspecified atom stereocenters. The lowest BCUT2D eigenvalue weighted by molar-refractivity contribution is -0.138. The highest BCUT2D eigenvalue weighted by Gasteiger charge is 2.09. The van der Waals surface area contributed by atoms with Crippen molar-refractivity contribution in [3.05, 3.63) is 29.8 Å². The van der Waals surface area contributed by atoms with Crippen LogP contribution in [-0.4, -0.2) is 29.6 Å². The number of hydrogen-bond donors (Lipinski definition) is 2. The smallest absolute Gasteiger partial charge is 0.338 e. The minimum atomic E-state index is -1.01. The van der Waals surface area contributed by atoms with Crippen molar-refractivity contribution >= 4 is 23.5 Å². The first kappa shape index (κ1) is 22.7. The summed E-state index contributed by atoms with van der Waals surface area (Å²) in [5, 5.41) is 11.2. The molecule has 27 heavy (non-hydrogen) atoms. The maximum Gasteiger partial charge on any atom is 0.338 e. The molecule has 0 fully saturated rings. The Labute approximate surface area is 161 Å². The highest BCUT2D eigenvalue weighted by Crippen LogP contribution is 2.12. The van der Waals surface area contributed by atoms with E-state index in [0.717, 1.165) is 12.8 Å². The average Bonchev–Trinajstić information content (AvgIpc) is 2.65. The molecule has 0 saturated carbocycles. The Kier molecular flexibility index (Phi) is 11.6. The van der Waals surface area contributed by atoms with Crippen molar-refractivity contribution in [3.8, 4) is 0 Å². The van der Waals surface area contributed by atoms with Crippen molar-refractivity contribution in [2.24, 2.45) is 0 Å². The van der Waals surface area contributed by atoms with Gasteiger partial charge in [-0.3, -0.25) is 9.59 Å². The van der Waals surface area contributed by atoms with Crippen LogP contribution in [0.2, 0.25) is 0 Å². The molecule has 0 radical (unpaired) electrons. The number of rotatable bonds is 14. The number of ether oxygens (including phenoxy) is 1. The van der Waals surface area contributed by atoms with Gasteiger partial charge in [-0.25, -0.2) is 4.79 Å². The lowest BCUT2D eigenvalue weighted by atomic mass is 10.1. The highest BCUT2D eigenvalue weighted by atomic mass is 16.5. The average molecular weight is 377 g/mol. The zero-order chi connectivity index (χ0) is 19.9. The van der Waals surface area contributed by atoms with Gasteiger partial charge in [0.1, 0.15) is 0 Å². The number of amides is 1. The van der Waals surface area contributed by atoms with E-state index < -0.39 is 5.97 Å². The van der Waals surface area contributed by atoms with E-state index in [1.807, 2.05) is 0 Å². The summed E-state index contributed by atoms with van der Waals surface area (Å²) in [6.45, 7) is 2.63. The molecule has 0 bridgehead atoms. The van der Waals surface area contributed by atoms with Crippen LogP contribution in [0.5, 0.6) is 0 Å². The molecule has 0 aliphatic carbocycles. The van der Waals surface area contributed by atoms with Crippen LogP contribution in [0.4, 0.5) is 5.69 Å². The predicted octanol–water partition coefficient (Wildman–Crippen LogP) is 4.79. The molecule has 0 spiro atoms. The minimum Gasteiger partial charge on any atom is -0.481 e. The second-order valence-electron chi connectivity index (χ2n) is 6.63. The quantitative estimate of drug-likeness (QED) is 0.359. The van der Waals surface area contributed by atoms with Gasteiger partial charge < -0.3 is 15.2 Å². The van der Waals surface area contributed by atoms with E-state index in [9.17, 15) is 14.4 Å². The van der Waals surface area contributed by atoms with Crippen molar-refractivity contribution in [1.82, 2.24) is 0 Å². The van der Waals surface area contributed by atoms with E-state index in [0.29, 0.717) is 17.9 Å². The lowest BCUT2D eigenvalue weighted by Crippen LogP contribution is -2.13. The predicted molar refractivity (Wildman–Crippen MR) is 105 cm³/mol. The number of esters is 1. The Morgan fingerprint density at radius 2 is 1.48 bits per heavy atom. The first-order valence-corrected chi connectivity index (χ1v) is 9.81. The Morgan fingerprint density at radius 3 is 2.07 bits per heavy atom. The molecule has 0 atom stereocenters. The summed E-state index contributed by atoms with van der Waals surface area (Å²) in [5.41, 5.74) is 0.947. The lowest BCUT2D eigenvalue weighted by Gasteiger charge is -2.07. The molecule has 2 N–H and O–H groups in total. The van der Waals surface area contributed by atoms with E-state index in [4.69, 9.17) is 9.84 Å². The van der Waals surface area contributed by atoms with Crippen LogP contribution in [0.1, 0.15) is 81.5 Å². The molecule has 0 saturated heterocycles. The number of unbranched alkanes of at least 4 members (excludes halogenated alkanes) is 7. The van der Waals surface area contributed by atoms with Gasteiger partial charge in [0.05, 0.1) is 18.6 Å². The molecule has 1 amide bonds. The van der Waals surface area contributed by atoms with Crippen molar-refractivity contribution < 1.29 is 24.2 Å². The summed E-state index contributed by atoms with van der Waals surface area (Å²) < 4.78 is 5.27. The van der Waals surface area contributed by atoms with Crippen LogP contribution in [-0.2, 0) is 14.3 Å². The fraction of sp³-hybridized carbons (Fsp3) is 0.571. The Morgan fingerprint density at radius 1 is 0.889 bits per heavy atom. The second-order valence-corrected chi connectivity index (χ2v) is 6.63. The van der Waals surface area contributed by atoms with Crippen LogP contribution in [0.15, 0.2) is 24.3 Å². The molecule has 6 heteroatoms. The maximum absolute atomic E-state index is 12.0. The molecule has 0 heterocycles. The first-order valence-electron chi connectivity index (χ1n) is 9.81. The molecule has 0 aliphatic heterocycles. The Balaban J connectivity index is 2.20. The van der Waals surface area contributed by atoms with Crippen molar-refractivity contribution in [2.45, 2.75) is 71.1 Å². The van der Waals surface area contributed by atoms with E-state index in [2.05, 4.69) is 12.2 Å². The number of benzene rings is 1. The van der Waals surface area contributed by atoms with E-state index in [-0.39, 0.29) is 24.7 Å². The summed E-state index contributed by atoms with van der Waals surface area (Å²) in [4.78, 5) is 34.0. The van der Waals surface area contributed by atoms with Crippen LogP contribution in [0, 0.1) is 0 Å². The van der Waals surface area contributed by atoms with Crippen molar-refractivity contribution in [1.29, 1.82) is 0 Å². The van der Waals surface area contributed by atoms with Crippen LogP contribution >= 0.6 is 0 Å². The van der Waals surface area contributed by atoms with Gasteiger partial charge in [-0.15, -0.1) is 0 Å². The fourth-order valence-electron chi connectivity index (χ4n) is 2.62. The zero-order valence-corrected chi connectivity index (χ0v) is 16.2. The molecule has 1 aromatic rings. The van der Waals surface area contributed by atoms with Gasteiger partial charge >= 0.3 is 11.9 Å². The first-order chi connectivity index (χ1) is 13.0. The van der Waals surface area contributed by atoms with Gasteiger partial charge in [-0.1, -0.05) is 51.9 Å². The van der Waals surface area contributed by atoms with Gasteiger partial charge in [0.2, 0.25) is 5.91 Å². The van der Waals surface area contributed by atoms with Crippen LogP contribution in [0.3, 0.4) is 0 Å². The Bertz CT molecular complexity index is 583. The fourth-order valence-corrected chi connectivity index (χ4v) is 2.62. The molecule has 150 valence electrons. The van der Waals surface area contributed by atoms with E-state index >= 15 is 0 Å². The second kappa shape index (κ2) is 13.8. The Hall–Kier alpha value is -2.37. The summed E-state index contributed by atoms with van der Waals surface area (Å²) in [6, 6.07) is 6.38. The van der Waals surface area contributed by atoms with E-state index in [1.54, 1.807) is 24.3 Å². The molecule has 6 nitrogen and oxygen atoms in total. The largest absolute Gasteiger partial charge is 0.481 e. The van der Waals surface area contributed by atoms with Gasteiger partial charge in [0.25, 0.3) is 0 Å². The van der Waals surface area contributed by atoms with Crippen molar-refractivity contribution in [3.63, 3.8) is 0 Å². The monoisotopic (exact) mass is 377 g/mol. The molecule has 1 aromatic carbocycles. The molecule has 0 aliphatic rings. The summed E-state index contributed by atoms with van der Waals surface area (Å²) >= 11 is 0. The zero-order valence-electron chi connectivity index (χ0n) is 16.2. The normalized spacial score (nSPS) is 10.4. The standard InChI is InChI=1S/C21H31NO5/c1-2-3-4-5-6-7-8-9-16-27-21(26)17-10-12-18(13-11-17)22-19(23)14-15-20(24)25/h10-13H,2-9,14-16H2,1H3,(H,22,23)(H,24,25). The van der Waals surface area contributed by atoms with Crippen LogP contribution in [0.25, 0.3) is 0 Å².